The van der Waals surface area contributed by atoms with E-state index in [1.54, 1.807) is 42.5 Å². The lowest BCUT2D eigenvalue weighted by molar-refractivity contribution is -0.137. The standard InChI is InChI=1S/C16H15ClF3N/c1-11-7-8-14(13(17)9-11)21-15(10-16(18,19)20)12-5-3-2-4-6-12/h2-9,15,21H,10H2,1H3. The van der Waals surface area contributed by atoms with E-state index < -0.39 is 18.6 Å². The highest BCUT2D eigenvalue weighted by atomic mass is 35.5. The van der Waals surface area contributed by atoms with Crippen molar-refractivity contribution in [1.29, 1.82) is 0 Å². The third kappa shape index (κ3) is 4.67. The van der Waals surface area contributed by atoms with Gasteiger partial charge in [0.15, 0.2) is 0 Å². The smallest absolute Gasteiger partial charge is 0.377 e. The van der Waals surface area contributed by atoms with Crippen LogP contribution in [0.3, 0.4) is 0 Å². The normalized spacial score (nSPS) is 13.0. The summed E-state index contributed by atoms with van der Waals surface area (Å²) in [6.45, 7) is 1.88. The molecule has 0 aromatic heterocycles. The van der Waals surface area contributed by atoms with Crippen molar-refractivity contribution < 1.29 is 13.2 Å². The maximum absolute atomic E-state index is 12.8. The van der Waals surface area contributed by atoms with Gasteiger partial charge < -0.3 is 5.32 Å². The molecule has 0 aliphatic carbocycles. The van der Waals surface area contributed by atoms with Crippen LogP contribution in [0.4, 0.5) is 18.9 Å². The van der Waals surface area contributed by atoms with Crippen LogP contribution in [0.2, 0.25) is 5.02 Å². The fourth-order valence-corrected chi connectivity index (χ4v) is 2.38. The van der Waals surface area contributed by atoms with Crippen LogP contribution < -0.4 is 5.32 Å². The van der Waals surface area contributed by atoms with Gasteiger partial charge in [-0.05, 0) is 30.2 Å². The molecule has 112 valence electrons. The summed E-state index contributed by atoms with van der Waals surface area (Å²) in [7, 11) is 0. The molecule has 0 heterocycles. The van der Waals surface area contributed by atoms with Gasteiger partial charge in [0.1, 0.15) is 0 Å². The summed E-state index contributed by atoms with van der Waals surface area (Å²) in [6, 6.07) is 12.9. The van der Waals surface area contributed by atoms with Crippen molar-refractivity contribution in [2.24, 2.45) is 0 Å². The van der Waals surface area contributed by atoms with Gasteiger partial charge in [0.2, 0.25) is 0 Å². The minimum absolute atomic E-state index is 0.415. The molecule has 2 aromatic rings. The van der Waals surface area contributed by atoms with E-state index in [0.29, 0.717) is 16.3 Å². The average Bonchev–Trinajstić information content (AvgIpc) is 2.40. The Balaban J connectivity index is 2.28. The fourth-order valence-electron chi connectivity index (χ4n) is 2.09. The summed E-state index contributed by atoms with van der Waals surface area (Å²) >= 11 is 6.09. The molecule has 0 radical (unpaired) electrons. The number of aryl methyl sites for hydroxylation is 1. The van der Waals surface area contributed by atoms with Crippen molar-refractivity contribution in [3.8, 4) is 0 Å². The zero-order valence-electron chi connectivity index (χ0n) is 11.4. The number of rotatable bonds is 4. The average molecular weight is 314 g/mol. The molecule has 5 heteroatoms. The largest absolute Gasteiger partial charge is 0.391 e. The van der Waals surface area contributed by atoms with E-state index in [-0.39, 0.29) is 0 Å². The third-order valence-electron chi connectivity index (χ3n) is 3.09. The highest BCUT2D eigenvalue weighted by Gasteiger charge is 2.32. The molecular weight excluding hydrogens is 299 g/mol. The molecular formula is C16H15ClF3N. The summed E-state index contributed by atoms with van der Waals surface area (Å²) in [5.41, 5.74) is 2.03. The molecule has 1 atom stereocenters. The van der Waals surface area contributed by atoms with Crippen LogP contribution in [-0.2, 0) is 0 Å². The number of benzene rings is 2. The van der Waals surface area contributed by atoms with E-state index in [4.69, 9.17) is 11.6 Å². The lowest BCUT2D eigenvalue weighted by Crippen LogP contribution is -2.20. The van der Waals surface area contributed by atoms with Gasteiger partial charge in [0.25, 0.3) is 0 Å². The summed E-state index contributed by atoms with van der Waals surface area (Å²) in [5.74, 6) is 0. The van der Waals surface area contributed by atoms with Gasteiger partial charge in [-0.25, -0.2) is 0 Å². The van der Waals surface area contributed by atoms with E-state index in [1.165, 1.54) is 0 Å². The van der Waals surface area contributed by atoms with Crippen LogP contribution in [0.5, 0.6) is 0 Å². The number of halogens is 4. The first-order valence-corrected chi connectivity index (χ1v) is 6.87. The van der Waals surface area contributed by atoms with Crippen molar-refractivity contribution in [2.45, 2.75) is 25.6 Å². The van der Waals surface area contributed by atoms with Gasteiger partial charge in [0.05, 0.1) is 23.2 Å². The van der Waals surface area contributed by atoms with E-state index in [2.05, 4.69) is 5.32 Å². The first kappa shape index (κ1) is 15.7. The number of hydrogen-bond donors (Lipinski definition) is 1. The second-order valence-corrected chi connectivity index (χ2v) is 5.32. The Kier molecular flexibility index (Phi) is 4.78. The monoisotopic (exact) mass is 313 g/mol. The molecule has 0 fully saturated rings. The van der Waals surface area contributed by atoms with Crippen LogP contribution in [0.1, 0.15) is 23.6 Å². The Hall–Kier alpha value is -1.68. The molecule has 2 rings (SSSR count). The zero-order valence-corrected chi connectivity index (χ0v) is 12.2. The lowest BCUT2D eigenvalue weighted by atomic mass is 10.0. The highest BCUT2D eigenvalue weighted by molar-refractivity contribution is 6.33. The Morgan fingerprint density at radius 3 is 2.33 bits per heavy atom. The predicted molar refractivity (Wildman–Crippen MR) is 79.7 cm³/mol. The summed E-state index contributed by atoms with van der Waals surface area (Å²) in [6.07, 6.45) is -5.22. The maximum atomic E-state index is 12.8. The predicted octanol–water partition coefficient (Wildman–Crippen LogP) is 5.75. The van der Waals surface area contributed by atoms with Crippen molar-refractivity contribution in [3.63, 3.8) is 0 Å². The maximum Gasteiger partial charge on any atom is 0.391 e. The van der Waals surface area contributed by atoms with Gasteiger partial charge in [0, 0.05) is 0 Å². The molecule has 21 heavy (non-hydrogen) atoms. The Bertz CT molecular complexity index is 596. The first-order chi connectivity index (χ1) is 9.85. The van der Waals surface area contributed by atoms with Crippen molar-refractivity contribution in [1.82, 2.24) is 0 Å². The Morgan fingerprint density at radius 2 is 1.76 bits per heavy atom. The third-order valence-corrected chi connectivity index (χ3v) is 3.40. The number of hydrogen-bond acceptors (Lipinski definition) is 1. The van der Waals surface area contributed by atoms with Crippen LogP contribution in [0.15, 0.2) is 48.5 Å². The number of nitrogens with one attached hydrogen (secondary N) is 1. The SMILES string of the molecule is Cc1ccc(NC(CC(F)(F)F)c2ccccc2)c(Cl)c1. The van der Waals surface area contributed by atoms with Gasteiger partial charge in [-0.15, -0.1) is 0 Å². The molecule has 0 spiro atoms. The van der Waals surface area contributed by atoms with Crippen LogP contribution in [0, 0.1) is 6.92 Å². The molecule has 1 nitrogen and oxygen atoms in total. The molecule has 0 amide bonds. The molecule has 0 aliphatic heterocycles. The van der Waals surface area contributed by atoms with Gasteiger partial charge in [-0.1, -0.05) is 48.0 Å². The molecule has 1 N–H and O–H groups in total. The molecule has 0 saturated heterocycles. The molecule has 0 bridgehead atoms. The Morgan fingerprint density at radius 1 is 1.10 bits per heavy atom. The topological polar surface area (TPSA) is 12.0 Å². The molecule has 0 aliphatic rings. The lowest BCUT2D eigenvalue weighted by Gasteiger charge is -2.22. The highest BCUT2D eigenvalue weighted by Crippen LogP contribution is 2.34. The molecule has 0 saturated carbocycles. The minimum Gasteiger partial charge on any atom is -0.377 e. The van der Waals surface area contributed by atoms with E-state index in [9.17, 15) is 13.2 Å². The summed E-state index contributed by atoms with van der Waals surface area (Å²) < 4.78 is 38.4. The van der Waals surface area contributed by atoms with Crippen molar-refractivity contribution >= 4 is 17.3 Å². The summed E-state index contributed by atoms with van der Waals surface area (Å²) in [4.78, 5) is 0. The summed E-state index contributed by atoms with van der Waals surface area (Å²) in [5, 5.41) is 3.31. The quantitative estimate of drug-likeness (QED) is 0.757. The second kappa shape index (κ2) is 6.39. The fraction of sp³-hybridized carbons (Fsp3) is 0.250. The van der Waals surface area contributed by atoms with Gasteiger partial charge in [-0.3, -0.25) is 0 Å². The second-order valence-electron chi connectivity index (χ2n) is 4.91. The van der Waals surface area contributed by atoms with Gasteiger partial charge in [-0.2, -0.15) is 13.2 Å². The molecule has 2 aromatic carbocycles. The van der Waals surface area contributed by atoms with Crippen LogP contribution in [0.25, 0.3) is 0 Å². The van der Waals surface area contributed by atoms with Crippen LogP contribution in [-0.4, -0.2) is 6.18 Å². The minimum atomic E-state index is -4.26. The number of anilines is 1. The van der Waals surface area contributed by atoms with Gasteiger partial charge >= 0.3 is 6.18 Å². The van der Waals surface area contributed by atoms with E-state index >= 15 is 0 Å². The van der Waals surface area contributed by atoms with Crippen molar-refractivity contribution in [2.75, 3.05) is 5.32 Å². The van der Waals surface area contributed by atoms with E-state index in [0.717, 1.165) is 5.56 Å². The number of alkyl halides is 3. The van der Waals surface area contributed by atoms with Crippen LogP contribution >= 0.6 is 11.6 Å². The van der Waals surface area contributed by atoms with Crippen molar-refractivity contribution in [3.05, 3.63) is 64.7 Å². The Labute approximate surface area is 126 Å². The first-order valence-electron chi connectivity index (χ1n) is 6.49. The zero-order chi connectivity index (χ0) is 15.5. The van der Waals surface area contributed by atoms with E-state index in [1.807, 2.05) is 13.0 Å². The molecule has 1 unspecified atom stereocenters.